The van der Waals surface area contributed by atoms with E-state index in [1.165, 1.54) is 64.2 Å². The molecule has 4 aliphatic rings. The van der Waals surface area contributed by atoms with Crippen molar-refractivity contribution in [3.63, 3.8) is 0 Å². The summed E-state index contributed by atoms with van der Waals surface area (Å²) in [5.41, 5.74) is 1.08. The highest BCUT2D eigenvalue weighted by molar-refractivity contribution is 5.41. The van der Waals surface area contributed by atoms with Crippen LogP contribution in [0, 0.1) is 29.6 Å². The van der Waals surface area contributed by atoms with Crippen LogP contribution in [0.1, 0.15) is 97.3 Å². The van der Waals surface area contributed by atoms with Gasteiger partial charge in [0.2, 0.25) is 0 Å². The van der Waals surface area contributed by atoms with Crippen molar-refractivity contribution in [1.82, 2.24) is 0 Å². The smallest absolute Gasteiger partial charge is 0.162 e. The number of hydrogen-bond donors (Lipinski definition) is 0. The molecule has 3 fully saturated rings. The van der Waals surface area contributed by atoms with Gasteiger partial charge in [-0.3, -0.25) is 0 Å². The summed E-state index contributed by atoms with van der Waals surface area (Å²) in [7, 11) is 0. The molecule has 0 aromatic heterocycles. The summed E-state index contributed by atoms with van der Waals surface area (Å²) in [5.74, 6) is 2.14. The minimum Gasteiger partial charge on any atom is -0.378 e. The quantitative estimate of drug-likeness (QED) is 0.422. The van der Waals surface area contributed by atoms with Crippen LogP contribution in [0.2, 0.25) is 0 Å². The summed E-state index contributed by atoms with van der Waals surface area (Å²) in [6, 6.07) is 0. The molecule has 4 rings (SSSR count). The predicted octanol–water partition coefficient (Wildman–Crippen LogP) is 8.62. The van der Waals surface area contributed by atoms with E-state index in [4.69, 9.17) is 4.74 Å². The Morgan fingerprint density at radius 1 is 0.806 bits per heavy atom. The van der Waals surface area contributed by atoms with E-state index in [1.807, 2.05) is 6.08 Å². The highest BCUT2D eigenvalue weighted by Crippen LogP contribution is 2.46. The van der Waals surface area contributed by atoms with Crippen molar-refractivity contribution in [3.05, 3.63) is 35.0 Å². The second-order valence-electron chi connectivity index (χ2n) is 10.8. The summed E-state index contributed by atoms with van der Waals surface area (Å²) in [6.07, 6.45) is 19.8. The lowest BCUT2D eigenvalue weighted by Gasteiger charge is -2.41. The molecule has 0 spiro atoms. The Bertz CT molecular complexity index is 682. The van der Waals surface area contributed by atoms with Crippen LogP contribution in [-0.4, -0.2) is 12.7 Å². The molecule has 0 aromatic rings. The fraction of sp³-hybridized carbons (Fsp3) is 0.786. The van der Waals surface area contributed by atoms with Gasteiger partial charge in [0.25, 0.3) is 0 Å². The van der Waals surface area contributed by atoms with Crippen molar-refractivity contribution in [3.8, 4) is 0 Å². The molecule has 1 saturated heterocycles. The van der Waals surface area contributed by atoms with Gasteiger partial charge in [-0.25, -0.2) is 8.78 Å². The summed E-state index contributed by atoms with van der Waals surface area (Å²) in [4.78, 5) is 0. The fourth-order valence-corrected chi connectivity index (χ4v) is 6.91. The van der Waals surface area contributed by atoms with Gasteiger partial charge in [0.1, 0.15) is 0 Å². The van der Waals surface area contributed by atoms with Crippen LogP contribution >= 0.6 is 0 Å². The minimum absolute atomic E-state index is 0.198. The van der Waals surface area contributed by atoms with Crippen LogP contribution in [0.3, 0.4) is 0 Å². The van der Waals surface area contributed by atoms with Crippen molar-refractivity contribution in [2.24, 2.45) is 29.6 Å². The maximum Gasteiger partial charge on any atom is 0.162 e. The molecule has 2 unspecified atom stereocenters. The van der Waals surface area contributed by atoms with Gasteiger partial charge < -0.3 is 4.74 Å². The number of allylic oxidation sites excluding steroid dienone is 6. The standard InChI is InChI=1S/C28H42F2O/c1-3-5-20-8-17-26(31-18-20)24-15-11-22(12-16-24)21-9-13-23(14-10-21)25-7-4-6-19(2)27(29)28(25)30/h6-7,20-24,26H,3-5,8-18H2,1-2H3. The highest BCUT2D eigenvalue weighted by Gasteiger charge is 2.36. The number of rotatable bonds is 5. The van der Waals surface area contributed by atoms with E-state index in [0.29, 0.717) is 23.7 Å². The third-order valence-corrected chi connectivity index (χ3v) is 8.88. The summed E-state index contributed by atoms with van der Waals surface area (Å²) in [5, 5.41) is 0. The monoisotopic (exact) mass is 432 g/mol. The molecule has 0 radical (unpaired) electrons. The molecular formula is C28H42F2O. The van der Waals surface area contributed by atoms with E-state index in [2.05, 4.69) is 6.92 Å². The average Bonchev–Trinajstić information content (AvgIpc) is 2.93. The SMILES string of the molecule is CCCC1CCC(C2CCC(C3CCC(C4=CCC=C(C)C(F)=C4F)CC3)CC2)OC1. The Kier molecular flexibility index (Phi) is 8.06. The van der Waals surface area contributed by atoms with Crippen LogP contribution < -0.4 is 0 Å². The lowest BCUT2D eigenvalue weighted by Crippen LogP contribution is -2.35. The molecule has 1 nitrogen and oxygen atoms in total. The van der Waals surface area contributed by atoms with Gasteiger partial charge in [0.05, 0.1) is 6.10 Å². The van der Waals surface area contributed by atoms with E-state index >= 15 is 0 Å². The molecule has 0 N–H and O–H groups in total. The maximum absolute atomic E-state index is 14.7. The summed E-state index contributed by atoms with van der Waals surface area (Å²) < 4.78 is 35.2. The average molecular weight is 433 g/mol. The van der Waals surface area contributed by atoms with Crippen LogP contribution in [0.4, 0.5) is 8.78 Å². The molecule has 0 amide bonds. The van der Waals surface area contributed by atoms with Crippen LogP contribution in [0.5, 0.6) is 0 Å². The zero-order valence-electron chi connectivity index (χ0n) is 19.7. The van der Waals surface area contributed by atoms with Gasteiger partial charge in [-0.2, -0.15) is 0 Å². The molecule has 1 heterocycles. The topological polar surface area (TPSA) is 9.23 Å². The third-order valence-electron chi connectivity index (χ3n) is 8.88. The molecule has 174 valence electrons. The second kappa shape index (κ2) is 10.8. The first kappa shape index (κ1) is 23.2. The molecule has 2 saturated carbocycles. The normalized spacial score (nSPS) is 37.8. The van der Waals surface area contributed by atoms with E-state index in [9.17, 15) is 8.78 Å². The molecular weight excluding hydrogens is 390 g/mol. The Hall–Kier alpha value is -0.960. The van der Waals surface area contributed by atoms with Crippen molar-refractivity contribution in [1.29, 1.82) is 0 Å². The molecule has 0 bridgehead atoms. The molecule has 3 heteroatoms. The van der Waals surface area contributed by atoms with E-state index < -0.39 is 11.7 Å². The van der Waals surface area contributed by atoms with Crippen LogP contribution in [-0.2, 0) is 4.74 Å². The third kappa shape index (κ3) is 5.52. The zero-order chi connectivity index (χ0) is 21.8. The first-order valence-corrected chi connectivity index (χ1v) is 13.1. The number of halogens is 2. The van der Waals surface area contributed by atoms with Crippen molar-refractivity contribution >= 4 is 0 Å². The van der Waals surface area contributed by atoms with E-state index in [1.54, 1.807) is 13.0 Å². The van der Waals surface area contributed by atoms with Gasteiger partial charge in [0, 0.05) is 6.61 Å². The lowest BCUT2D eigenvalue weighted by atomic mass is 9.67. The van der Waals surface area contributed by atoms with E-state index in [0.717, 1.165) is 43.1 Å². The Balaban J connectivity index is 1.23. The Labute approximate surface area is 188 Å². The van der Waals surface area contributed by atoms with Crippen LogP contribution in [0.15, 0.2) is 35.0 Å². The Morgan fingerprint density at radius 2 is 1.45 bits per heavy atom. The van der Waals surface area contributed by atoms with Gasteiger partial charge >= 0.3 is 0 Å². The maximum atomic E-state index is 14.7. The molecule has 2 atom stereocenters. The fourth-order valence-electron chi connectivity index (χ4n) is 6.91. The van der Waals surface area contributed by atoms with Crippen molar-refractivity contribution < 1.29 is 13.5 Å². The Morgan fingerprint density at radius 3 is 2.06 bits per heavy atom. The molecule has 3 aliphatic carbocycles. The minimum atomic E-state index is -0.643. The van der Waals surface area contributed by atoms with Crippen LogP contribution in [0.25, 0.3) is 0 Å². The van der Waals surface area contributed by atoms with Crippen molar-refractivity contribution in [2.45, 2.75) is 103 Å². The number of hydrogen-bond acceptors (Lipinski definition) is 1. The van der Waals surface area contributed by atoms with Gasteiger partial charge in [0.15, 0.2) is 11.7 Å². The van der Waals surface area contributed by atoms with E-state index in [-0.39, 0.29) is 5.92 Å². The summed E-state index contributed by atoms with van der Waals surface area (Å²) >= 11 is 0. The largest absolute Gasteiger partial charge is 0.378 e. The second-order valence-corrected chi connectivity index (χ2v) is 10.8. The zero-order valence-corrected chi connectivity index (χ0v) is 19.7. The summed E-state index contributed by atoms with van der Waals surface area (Å²) in [6.45, 7) is 4.93. The van der Waals surface area contributed by atoms with Crippen molar-refractivity contribution in [2.75, 3.05) is 6.61 Å². The highest BCUT2D eigenvalue weighted by atomic mass is 19.2. The predicted molar refractivity (Wildman–Crippen MR) is 124 cm³/mol. The molecule has 0 aromatic carbocycles. The van der Waals surface area contributed by atoms with Gasteiger partial charge in [-0.15, -0.1) is 0 Å². The molecule has 31 heavy (non-hydrogen) atoms. The first-order chi connectivity index (χ1) is 15.1. The van der Waals surface area contributed by atoms with Gasteiger partial charge in [-0.05, 0) is 125 Å². The first-order valence-electron chi connectivity index (χ1n) is 13.1. The lowest BCUT2D eigenvalue weighted by molar-refractivity contribution is -0.0617. The molecule has 1 aliphatic heterocycles. The number of ether oxygens (including phenoxy) is 1. The van der Waals surface area contributed by atoms with Gasteiger partial charge in [-0.1, -0.05) is 25.5 Å².